The monoisotopic (exact) mass is 343 g/mol. The van der Waals surface area contributed by atoms with Gasteiger partial charge in [-0.1, -0.05) is 6.07 Å². The minimum absolute atomic E-state index is 0.181. The van der Waals surface area contributed by atoms with E-state index in [1.54, 1.807) is 12.4 Å². The van der Waals surface area contributed by atoms with E-state index in [9.17, 15) is 4.79 Å². The van der Waals surface area contributed by atoms with Gasteiger partial charge in [0.1, 0.15) is 17.1 Å². The standard InChI is InChI=1S/C19H13N5O2/c1-10-2-5-15(26-10)18-16(11-3-4-13-12(8-11)9-21-24-13)22-17-14(25)6-7-20-19(17)23-18/h2-9H,1H3,(H,21,24)(H,20,23,25). The number of hydrogen-bond acceptors (Lipinski definition) is 5. The number of H-pyrrole nitrogens is 2. The number of nitrogens with one attached hydrogen (secondary N) is 2. The summed E-state index contributed by atoms with van der Waals surface area (Å²) in [6, 6.07) is 11.0. The molecule has 0 radical (unpaired) electrons. The minimum atomic E-state index is -0.181. The molecule has 0 aliphatic heterocycles. The van der Waals surface area contributed by atoms with Crippen molar-refractivity contribution in [2.24, 2.45) is 0 Å². The van der Waals surface area contributed by atoms with Crippen LogP contribution in [0.2, 0.25) is 0 Å². The Hall–Kier alpha value is -3.74. The Kier molecular flexibility index (Phi) is 3.02. The van der Waals surface area contributed by atoms with Crippen molar-refractivity contribution >= 4 is 22.1 Å². The molecule has 2 N–H and O–H groups in total. The lowest BCUT2D eigenvalue weighted by atomic mass is 10.1. The molecule has 0 spiro atoms. The van der Waals surface area contributed by atoms with Crippen LogP contribution in [0.1, 0.15) is 5.76 Å². The van der Waals surface area contributed by atoms with Crippen LogP contribution in [0.4, 0.5) is 0 Å². The molecule has 0 unspecified atom stereocenters. The van der Waals surface area contributed by atoms with Crippen molar-refractivity contribution < 1.29 is 4.42 Å². The van der Waals surface area contributed by atoms with Crippen LogP contribution in [-0.2, 0) is 0 Å². The Labute approximate surface area is 146 Å². The first-order valence-corrected chi connectivity index (χ1v) is 8.09. The van der Waals surface area contributed by atoms with Gasteiger partial charge < -0.3 is 9.40 Å². The summed E-state index contributed by atoms with van der Waals surface area (Å²) < 4.78 is 5.77. The normalized spacial score (nSPS) is 11.4. The Morgan fingerprint density at radius 2 is 1.96 bits per heavy atom. The molecule has 0 bridgehead atoms. The molecule has 0 saturated carbocycles. The van der Waals surface area contributed by atoms with Gasteiger partial charge in [-0.05, 0) is 31.2 Å². The van der Waals surface area contributed by atoms with Crippen LogP contribution in [-0.4, -0.2) is 25.1 Å². The summed E-state index contributed by atoms with van der Waals surface area (Å²) in [5.41, 5.74) is 3.47. The average molecular weight is 343 g/mol. The second-order valence-corrected chi connectivity index (χ2v) is 6.04. The van der Waals surface area contributed by atoms with Gasteiger partial charge >= 0.3 is 0 Å². The molecular formula is C19H13N5O2. The first-order chi connectivity index (χ1) is 12.7. The fourth-order valence-electron chi connectivity index (χ4n) is 3.01. The largest absolute Gasteiger partial charge is 0.460 e. The predicted octanol–water partition coefficient (Wildman–Crippen LogP) is 3.43. The Bertz CT molecular complexity index is 1330. The third-order valence-corrected chi connectivity index (χ3v) is 4.27. The number of nitrogens with zero attached hydrogens (tertiary/aromatic N) is 3. The molecule has 0 fully saturated rings. The van der Waals surface area contributed by atoms with Gasteiger partial charge in [0.15, 0.2) is 16.9 Å². The lowest BCUT2D eigenvalue weighted by Crippen LogP contribution is -2.06. The summed E-state index contributed by atoms with van der Waals surface area (Å²) >= 11 is 0. The number of aryl methyl sites for hydroxylation is 1. The molecule has 4 aromatic heterocycles. The van der Waals surface area contributed by atoms with Crippen LogP contribution in [0.15, 0.2) is 58.0 Å². The zero-order valence-electron chi connectivity index (χ0n) is 13.8. The van der Waals surface area contributed by atoms with E-state index in [1.807, 2.05) is 37.3 Å². The SMILES string of the molecule is Cc1ccc(-c2nc3[nH]ccc(=O)c3nc2-c2ccc3[nH]ncc3c2)o1. The molecule has 0 amide bonds. The van der Waals surface area contributed by atoms with E-state index in [0.717, 1.165) is 22.2 Å². The summed E-state index contributed by atoms with van der Waals surface area (Å²) in [6.45, 7) is 1.87. The zero-order chi connectivity index (χ0) is 17.7. The van der Waals surface area contributed by atoms with Gasteiger partial charge in [0.25, 0.3) is 0 Å². The number of furan rings is 1. The lowest BCUT2D eigenvalue weighted by Gasteiger charge is -2.08. The summed E-state index contributed by atoms with van der Waals surface area (Å²) in [6.07, 6.45) is 3.31. The first-order valence-electron chi connectivity index (χ1n) is 8.09. The molecule has 1 aromatic carbocycles. The first kappa shape index (κ1) is 14.6. The maximum absolute atomic E-state index is 12.2. The molecule has 7 nitrogen and oxygen atoms in total. The Morgan fingerprint density at radius 3 is 2.81 bits per heavy atom. The van der Waals surface area contributed by atoms with Crippen molar-refractivity contribution in [2.75, 3.05) is 0 Å². The van der Waals surface area contributed by atoms with Crippen LogP contribution in [0.25, 0.3) is 44.8 Å². The quantitative estimate of drug-likeness (QED) is 0.511. The third-order valence-electron chi connectivity index (χ3n) is 4.27. The van der Waals surface area contributed by atoms with Crippen LogP contribution >= 0.6 is 0 Å². The molecule has 26 heavy (non-hydrogen) atoms. The smallest absolute Gasteiger partial charge is 0.209 e. The molecule has 0 atom stereocenters. The predicted molar refractivity (Wildman–Crippen MR) is 97.7 cm³/mol. The highest BCUT2D eigenvalue weighted by Crippen LogP contribution is 2.32. The van der Waals surface area contributed by atoms with Crippen molar-refractivity contribution in [3.63, 3.8) is 0 Å². The van der Waals surface area contributed by atoms with E-state index in [0.29, 0.717) is 28.3 Å². The van der Waals surface area contributed by atoms with Gasteiger partial charge in [-0.3, -0.25) is 9.89 Å². The number of aromatic amines is 2. The summed E-state index contributed by atoms with van der Waals surface area (Å²) in [5, 5.41) is 7.93. The molecule has 0 aliphatic rings. The van der Waals surface area contributed by atoms with Gasteiger partial charge in [-0.25, -0.2) is 9.97 Å². The fraction of sp³-hybridized carbons (Fsp3) is 0.0526. The van der Waals surface area contributed by atoms with E-state index in [2.05, 4.69) is 25.1 Å². The van der Waals surface area contributed by atoms with Crippen molar-refractivity contribution in [2.45, 2.75) is 6.92 Å². The molecule has 126 valence electrons. The fourth-order valence-corrected chi connectivity index (χ4v) is 3.01. The number of pyridine rings is 1. The van der Waals surface area contributed by atoms with Crippen LogP contribution < -0.4 is 5.43 Å². The molecule has 4 heterocycles. The topological polar surface area (TPSA) is 100 Å². The average Bonchev–Trinajstić information content (AvgIpc) is 3.29. The number of hydrogen-bond donors (Lipinski definition) is 2. The molecule has 5 rings (SSSR count). The van der Waals surface area contributed by atoms with E-state index in [4.69, 9.17) is 4.42 Å². The van der Waals surface area contributed by atoms with Crippen molar-refractivity contribution in [1.29, 1.82) is 0 Å². The van der Waals surface area contributed by atoms with E-state index >= 15 is 0 Å². The van der Waals surface area contributed by atoms with E-state index in [-0.39, 0.29) is 5.43 Å². The summed E-state index contributed by atoms with van der Waals surface area (Å²) in [4.78, 5) is 24.5. The molecule has 0 aliphatic carbocycles. The Morgan fingerprint density at radius 1 is 1.04 bits per heavy atom. The Balaban J connectivity index is 1.86. The maximum atomic E-state index is 12.2. The molecule has 7 heteroatoms. The van der Waals surface area contributed by atoms with Gasteiger partial charge in [0, 0.05) is 23.2 Å². The molecular weight excluding hydrogens is 330 g/mol. The van der Waals surface area contributed by atoms with Crippen LogP contribution in [0, 0.1) is 6.92 Å². The van der Waals surface area contributed by atoms with Crippen molar-refractivity contribution in [3.8, 4) is 22.7 Å². The number of benzene rings is 1. The zero-order valence-corrected chi connectivity index (χ0v) is 13.8. The molecule has 5 aromatic rings. The van der Waals surface area contributed by atoms with Crippen LogP contribution in [0.3, 0.4) is 0 Å². The third kappa shape index (κ3) is 2.21. The maximum Gasteiger partial charge on any atom is 0.209 e. The second-order valence-electron chi connectivity index (χ2n) is 6.04. The summed E-state index contributed by atoms with van der Waals surface area (Å²) in [5.74, 6) is 1.38. The highest BCUT2D eigenvalue weighted by molar-refractivity contribution is 5.88. The molecule has 0 saturated heterocycles. The van der Waals surface area contributed by atoms with Gasteiger partial charge in [0.05, 0.1) is 11.7 Å². The van der Waals surface area contributed by atoms with Crippen molar-refractivity contribution in [1.82, 2.24) is 25.1 Å². The highest BCUT2D eigenvalue weighted by Gasteiger charge is 2.17. The lowest BCUT2D eigenvalue weighted by molar-refractivity contribution is 0.546. The summed E-state index contributed by atoms with van der Waals surface area (Å²) in [7, 11) is 0. The number of rotatable bonds is 2. The van der Waals surface area contributed by atoms with Gasteiger partial charge in [-0.15, -0.1) is 0 Å². The van der Waals surface area contributed by atoms with Gasteiger partial charge in [0.2, 0.25) is 5.43 Å². The van der Waals surface area contributed by atoms with E-state index < -0.39 is 0 Å². The number of aromatic nitrogens is 5. The van der Waals surface area contributed by atoms with Crippen LogP contribution in [0.5, 0.6) is 0 Å². The second kappa shape index (κ2) is 5.38. The van der Waals surface area contributed by atoms with Crippen molar-refractivity contribution in [3.05, 3.63) is 64.8 Å². The minimum Gasteiger partial charge on any atom is -0.460 e. The highest BCUT2D eigenvalue weighted by atomic mass is 16.3. The number of fused-ring (bicyclic) bond motifs is 2. The van der Waals surface area contributed by atoms with E-state index in [1.165, 1.54) is 6.07 Å². The van der Waals surface area contributed by atoms with Gasteiger partial charge in [-0.2, -0.15) is 5.10 Å².